The molecule has 4 heteroatoms. The predicted molar refractivity (Wildman–Crippen MR) is 66.2 cm³/mol. The van der Waals surface area contributed by atoms with Gasteiger partial charge in [0.1, 0.15) is 12.0 Å². The van der Waals surface area contributed by atoms with Crippen LogP contribution in [0.3, 0.4) is 0 Å². The zero-order valence-electron chi connectivity index (χ0n) is 9.78. The van der Waals surface area contributed by atoms with E-state index in [1.165, 1.54) is 11.8 Å². The maximum Gasteiger partial charge on any atom is 0.253 e. The van der Waals surface area contributed by atoms with Crippen molar-refractivity contribution in [2.24, 2.45) is 5.16 Å². The van der Waals surface area contributed by atoms with Gasteiger partial charge in [0.05, 0.1) is 12.9 Å². The van der Waals surface area contributed by atoms with Crippen LogP contribution in [0.2, 0.25) is 0 Å². The molecule has 0 amide bonds. The molecule has 2 aromatic rings. The summed E-state index contributed by atoms with van der Waals surface area (Å²) < 4.78 is 10.7. The number of ether oxygens (including phenoxy) is 1. The Bertz CT molecular complexity index is 534. The van der Waals surface area contributed by atoms with E-state index < -0.39 is 6.29 Å². The number of benzene rings is 1. The molecular formula is C14H13NO3. The van der Waals surface area contributed by atoms with Crippen LogP contribution in [-0.2, 0) is 16.0 Å². The highest BCUT2D eigenvalue weighted by molar-refractivity contribution is 5.74. The molecule has 0 spiro atoms. The third kappa shape index (κ3) is 2.28. The zero-order valence-corrected chi connectivity index (χ0v) is 9.78. The third-order valence-corrected chi connectivity index (χ3v) is 2.83. The van der Waals surface area contributed by atoms with Crippen LogP contribution in [-0.4, -0.2) is 12.8 Å². The van der Waals surface area contributed by atoms with Crippen molar-refractivity contribution in [2.45, 2.75) is 12.7 Å². The van der Waals surface area contributed by atoms with Gasteiger partial charge >= 0.3 is 0 Å². The largest absolute Gasteiger partial charge is 0.463 e. The van der Waals surface area contributed by atoms with Crippen LogP contribution in [0.5, 0.6) is 0 Å². The van der Waals surface area contributed by atoms with Crippen LogP contribution in [0.15, 0.2) is 52.2 Å². The fourth-order valence-corrected chi connectivity index (χ4v) is 1.95. The minimum Gasteiger partial charge on any atom is -0.463 e. The molecule has 0 saturated heterocycles. The molecule has 1 aromatic carbocycles. The van der Waals surface area contributed by atoms with Gasteiger partial charge in [0, 0.05) is 5.56 Å². The molecular weight excluding hydrogens is 230 g/mol. The quantitative estimate of drug-likeness (QED) is 0.615. The lowest BCUT2D eigenvalue weighted by Crippen LogP contribution is -2.17. The van der Waals surface area contributed by atoms with Crippen LogP contribution in [0.25, 0.3) is 0 Å². The minimum absolute atomic E-state index is 0.429. The Labute approximate surface area is 105 Å². The highest BCUT2D eigenvalue weighted by Gasteiger charge is 2.21. The first-order valence-corrected chi connectivity index (χ1v) is 5.85. The Kier molecular flexibility index (Phi) is 3.10. The van der Waals surface area contributed by atoms with E-state index in [0.717, 1.165) is 12.0 Å². The van der Waals surface area contributed by atoms with Gasteiger partial charge in [0.15, 0.2) is 0 Å². The minimum atomic E-state index is -0.429. The van der Waals surface area contributed by atoms with Crippen molar-refractivity contribution in [2.75, 3.05) is 6.61 Å². The smallest absolute Gasteiger partial charge is 0.253 e. The van der Waals surface area contributed by atoms with Crippen molar-refractivity contribution in [3.63, 3.8) is 0 Å². The van der Waals surface area contributed by atoms with Crippen molar-refractivity contribution in [3.05, 3.63) is 59.5 Å². The first kappa shape index (κ1) is 11.0. The van der Waals surface area contributed by atoms with Crippen LogP contribution in [0, 0.1) is 0 Å². The Morgan fingerprint density at radius 1 is 1.22 bits per heavy atom. The lowest BCUT2D eigenvalue weighted by atomic mass is 10.0. The van der Waals surface area contributed by atoms with E-state index in [-0.39, 0.29) is 0 Å². The van der Waals surface area contributed by atoms with Crippen molar-refractivity contribution in [3.8, 4) is 0 Å². The molecule has 0 aliphatic carbocycles. The molecule has 18 heavy (non-hydrogen) atoms. The normalized spacial score (nSPS) is 18.8. The number of furan rings is 1. The summed E-state index contributed by atoms with van der Waals surface area (Å²) in [7, 11) is 0. The second-order valence-corrected chi connectivity index (χ2v) is 4.01. The number of fused-ring (bicyclic) bond motifs is 1. The van der Waals surface area contributed by atoms with Gasteiger partial charge in [0.2, 0.25) is 0 Å². The van der Waals surface area contributed by atoms with Gasteiger partial charge in [-0.1, -0.05) is 29.4 Å². The van der Waals surface area contributed by atoms with Gasteiger partial charge in [0.25, 0.3) is 6.29 Å². The number of hydrogen-bond acceptors (Lipinski definition) is 4. The van der Waals surface area contributed by atoms with E-state index in [0.29, 0.717) is 12.4 Å². The highest BCUT2D eigenvalue weighted by Crippen LogP contribution is 2.27. The molecule has 0 N–H and O–H groups in total. The number of rotatable bonds is 3. The van der Waals surface area contributed by atoms with Gasteiger partial charge < -0.3 is 14.0 Å². The third-order valence-electron chi connectivity index (χ3n) is 2.83. The molecule has 2 heterocycles. The topological polar surface area (TPSA) is 44.0 Å². The summed E-state index contributed by atoms with van der Waals surface area (Å²) in [6.45, 7) is 0.651. The SMILES string of the molecule is C(=NOC1OCCc2ccccc21)c1ccco1. The summed E-state index contributed by atoms with van der Waals surface area (Å²) >= 11 is 0. The van der Waals surface area contributed by atoms with Crippen LogP contribution in [0.1, 0.15) is 23.2 Å². The van der Waals surface area contributed by atoms with E-state index in [1.807, 2.05) is 24.3 Å². The van der Waals surface area contributed by atoms with Crippen molar-refractivity contribution in [1.29, 1.82) is 0 Å². The maximum absolute atomic E-state index is 5.56. The lowest BCUT2D eigenvalue weighted by Gasteiger charge is -2.23. The molecule has 0 fully saturated rings. The molecule has 0 saturated carbocycles. The standard InChI is InChI=1S/C14H13NO3/c1-2-6-13-11(4-1)7-9-17-14(13)18-15-10-12-5-3-8-16-12/h1-6,8,10,14H,7,9H2. The van der Waals surface area contributed by atoms with E-state index in [1.54, 1.807) is 12.3 Å². The van der Waals surface area contributed by atoms with Crippen molar-refractivity contribution >= 4 is 6.21 Å². The summed E-state index contributed by atoms with van der Waals surface area (Å²) in [5.41, 5.74) is 2.29. The van der Waals surface area contributed by atoms with Gasteiger partial charge in [-0.05, 0) is 24.1 Å². The summed E-state index contributed by atoms with van der Waals surface area (Å²) in [6.07, 6.45) is 3.60. The molecule has 0 radical (unpaired) electrons. The van der Waals surface area contributed by atoms with Gasteiger partial charge in [-0.3, -0.25) is 0 Å². The molecule has 3 rings (SSSR count). The molecule has 1 unspecified atom stereocenters. The zero-order chi connectivity index (χ0) is 12.2. The monoisotopic (exact) mass is 243 g/mol. The Balaban J connectivity index is 1.71. The Morgan fingerprint density at radius 2 is 2.17 bits per heavy atom. The van der Waals surface area contributed by atoms with Crippen LogP contribution in [0.4, 0.5) is 0 Å². The fraction of sp³-hybridized carbons (Fsp3) is 0.214. The molecule has 1 aromatic heterocycles. The Hall–Kier alpha value is -2.07. The molecule has 0 bridgehead atoms. The van der Waals surface area contributed by atoms with Gasteiger partial charge in [-0.15, -0.1) is 0 Å². The molecule has 1 aliphatic heterocycles. The summed E-state index contributed by atoms with van der Waals surface area (Å²) in [5.74, 6) is 0.652. The average molecular weight is 243 g/mol. The molecule has 92 valence electrons. The maximum atomic E-state index is 5.56. The number of hydrogen-bond donors (Lipinski definition) is 0. The van der Waals surface area contributed by atoms with Crippen molar-refractivity contribution in [1.82, 2.24) is 0 Å². The Morgan fingerprint density at radius 3 is 3.06 bits per heavy atom. The second kappa shape index (κ2) is 5.06. The molecule has 1 aliphatic rings. The van der Waals surface area contributed by atoms with E-state index in [4.69, 9.17) is 14.0 Å². The van der Waals surface area contributed by atoms with E-state index >= 15 is 0 Å². The molecule has 4 nitrogen and oxygen atoms in total. The summed E-state index contributed by atoms with van der Waals surface area (Å²) in [5, 5.41) is 3.89. The van der Waals surface area contributed by atoms with Gasteiger partial charge in [-0.25, -0.2) is 0 Å². The summed E-state index contributed by atoms with van der Waals surface area (Å²) in [4.78, 5) is 5.37. The van der Waals surface area contributed by atoms with Gasteiger partial charge in [-0.2, -0.15) is 0 Å². The molecule has 1 atom stereocenters. The number of oxime groups is 1. The first-order valence-electron chi connectivity index (χ1n) is 5.85. The first-order chi connectivity index (χ1) is 8.93. The average Bonchev–Trinajstić information content (AvgIpc) is 2.92. The van der Waals surface area contributed by atoms with E-state index in [2.05, 4.69) is 11.2 Å². The fourth-order valence-electron chi connectivity index (χ4n) is 1.95. The number of nitrogens with zero attached hydrogens (tertiary/aromatic N) is 1. The highest BCUT2D eigenvalue weighted by atomic mass is 16.8. The van der Waals surface area contributed by atoms with Crippen LogP contribution < -0.4 is 0 Å². The second-order valence-electron chi connectivity index (χ2n) is 4.01. The summed E-state index contributed by atoms with van der Waals surface area (Å²) in [6, 6.07) is 11.7. The van der Waals surface area contributed by atoms with E-state index in [9.17, 15) is 0 Å². The lowest BCUT2D eigenvalue weighted by molar-refractivity contribution is -0.152. The predicted octanol–water partition coefficient (Wildman–Crippen LogP) is 2.90. The van der Waals surface area contributed by atoms with Crippen molar-refractivity contribution < 1.29 is 14.0 Å². The van der Waals surface area contributed by atoms with Crippen LogP contribution >= 0.6 is 0 Å².